The SMILES string of the molecule is C.O=C(O)[C@@H]1CCCCN1C(=O)OCc1ccccc1.O=C([C@@H]1CCCCN1C(=O)OCc1ccccc1)N1CCCCC1.[2H]CC. The van der Waals surface area contributed by atoms with Crippen molar-refractivity contribution in [3.8, 4) is 0 Å². The van der Waals surface area contributed by atoms with E-state index in [0.717, 1.165) is 69.2 Å². The molecule has 2 aromatic rings. The standard InChI is InChI=1S/C19H26N2O3.C14H17NO4.C2H6.CH4/c22-18(20-12-6-2-7-13-20)17-11-5-8-14-21(17)19(23)24-15-16-9-3-1-4-10-16;16-13(17)12-8-4-5-9-15(12)14(18)19-10-11-6-2-1-3-7-11;1-2;/h1,3-4,9-10,17H,2,5-8,11-15H2;1-3,6-7,12H,4-5,8-10H2,(H,16,17);1-2H3;1H4/t17-;12-;;/m00../s1/i;;1D;. The quantitative estimate of drug-likeness (QED) is 0.358. The third-order valence-corrected chi connectivity index (χ3v) is 8.12. The predicted octanol–water partition coefficient (Wildman–Crippen LogP) is 7.11. The van der Waals surface area contributed by atoms with Crippen molar-refractivity contribution < 1.29 is 35.1 Å². The van der Waals surface area contributed by atoms with Gasteiger partial charge >= 0.3 is 18.2 Å². The van der Waals surface area contributed by atoms with Gasteiger partial charge in [0.2, 0.25) is 5.91 Å². The van der Waals surface area contributed by atoms with Gasteiger partial charge in [-0.25, -0.2) is 14.4 Å². The maximum absolute atomic E-state index is 12.8. The Morgan fingerprint density at radius 1 is 0.696 bits per heavy atom. The summed E-state index contributed by atoms with van der Waals surface area (Å²) >= 11 is 0. The van der Waals surface area contributed by atoms with Crippen LogP contribution >= 0.6 is 0 Å². The summed E-state index contributed by atoms with van der Waals surface area (Å²) in [5.74, 6) is -0.859. The Labute approximate surface area is 276 Å². The molecule has 3 fully saturated rings. The van der Waals surface area contributed by atoms with Crippen molar-refractivity contribution in [1.82, 2.24) is 14.7 Å². The molecule has 46 heavy (non-hydrogen) atoms. The van der Waals surface area contributed by atoms with Crippen molar-refractivity contribution >= 4 is 24.1 Å². The van der Waals surface area contributed by atoms with Crippen LogP contribution in [0.5, 0.6) is 0 Å². The number of carboxylic acids is 1. The van der Waals surface area contributed by atoms with Gasteiger partial charge < -0.3 is 19.5 Å². The zero-order valence-electron chi connectivity index (χ0n) is 27.5. The summed E-state index contributed by atoms with van der Waals surface area (Å²) in [5.41, 5.74) is 1.85. The fourth-order valence-electron chi connectivity index (χ4n) is 5.74. The lowest BCUT2D eigenvalue weighted by atomic mass is 10.00. The second-order valence-electron chi connectivity index (χ2n) is 11.2. The number of benzene rings is 2. The molecule has 10 nitrogen and oxygen atoms in total. The molecule has 254 valence electrons. The minimum Gasteiger partial charge on any atom is -0.480 e. The number of carbonyl (C=O) groups excluding carboxylic acids is 3. The molecular formula is C36H53N3O7. The largest absolute Gasteiger partial charge is 0.480 e. The number of hydrogen-bond acceptors (Lipinski definition) is 6. The molecule has 0 radical (unpaired) electrons. The Morgan fingerprint density at radius 2 is 1.11 bits per heavy atom. The number of carbonyl (C=O) groups is 4. The third-order valence-electron chi connectivity index (χ3n) is 8.12. The average Bonchev–Trinajstić information content (AvgIpc) is 3.11. The van der Waals surface area contributed by atoms with Gasteiger partial charge in [0, 0.05) is 27.5 Å². The zero-order chi connectivity index (χ0) is 33.1. The number of nitrogens with zero attached hydrogens (tertiary/aromatic N) is 3. The van der Waals surface area contributed by atoms with E-state index in [4.69, 9.17) is 16.0 Å². The molecule has 3 heterocycles. The van der Waals surface area contributed by atoms with Gasteiger partial charge in [-0.15, -0.1) is 0 Å². The van der Waals surface area contributed by atoms with Crippen molar-refractivity contribution in [1.29, 1.82) is 0 Å². The first kappa shape index (κ1) is 36.4. The molecule has 0 aliphatic carbocycles. The topological polar surface area (TPSA) is 117 Å². The van der Waals surface area contributed by atoms with Crippen LogP contribution in [0.2, 0.25) is 0 Å². The van der Waals surface area contributed by atoms with Crippen molar-refractivity contribution in [2.45, 2.75) is 104 Å². The molecule has 3 aliphatic rings. The summed E-state index contributed by atoms with van der Waals surface area (Å²) in [6.07, 6.45) is 7.24. The minimum atomic E-state index is -0.962. The summed E-state index contributed by atoms with van der Waals surface area (Å²) in [6.45, 7) is 5.41. The minimum absolute atomic E-state index is 0. The van der Waals surface area contributed by atoms with Crippen molar-refractivity contribution in [3.63, 3.8) is 0 Å². The highest BCUT2D eigenvalue weighted by atomic mass is 16.6. The predicted molar refractivity (Wildman–Crippen MR) is 178 cm³/mol. The van der Waals surface area contributed by atoms with E-state index < -0.39 is 18.1 Å². The van der Waals surface area contributed by atoms with Crippen molar-refractivity contribution in [3.05, 3.63) is 71.8 Å². The molecule has 0 saturated carbocycles. The molecular weight excluding hydrogens is 586 g/mol. The Bertz CT molecular complexity index is 1210. The number of hydrogen-bond donors (Lipinski definition) is 1. The number of rotatable bonds is 6. The number of piperidine rings is 3. The lowest BCUT2D eigenvalue weighted by Crippen LogP contribution is -2.54. The number of likely N-dealkylation sites (tertiary alicyclic amines) is 3. The lowest BCUT2D eigenvalue weighted by Gasteiger charge is -2.38. The van der Waals surface area contributed by atoms with E-state index >= 15 is 0 Å². The fraction of sp³-hybridized carbons (Fsp3) is 0.556. The summed E-state index contributed by atoms with van der Waals surface area (Å²) in [6, 6.07) is 17.9. The van der Waals surface area contributed by atoms with E-state index in [-0.39, 0.29) is 38.7 Å². The number of ether oxygens (including phenoxy) is 2. The summed E-state index contributed by atoms with van der Waals surface area (Å²) in [5, 5.41) is 9.09. The van der Waals surface area contributed by atoms with Gasteiger partial charge in [0.1, 0.15) is 25.3 Å². The molecule has 5 rings (SSSR count). The van der Waals surface area contributed by atoms with Crippen LogP contribution in [-0.2, 0) is 32.3 Å². The van der Waals surface area contributed by atoms with Crippen molar-refractivity contribution in [2.24, 2.45) is 0 Å². The van der Waals surface area contributed by atoms with Crippen molar-refractivity contribution in [2.75, 3.05) is 26.2 Å². The molecule has 3 amide bonds. The Morgan fingerprint density at radius 3 is 1.57 bits per heavy atom. The molecule has 0 aromatic heterocycles. The third kappa shape index (κ3) is 11.7. The molecule has 0 bridgehead atoms. The average molecular weight is 641 g/mol. The number of amides is 3. The highest BCUT2D eigenvalue weighted by Crippen LogP contribution is 2.22. The monoisotopic (exact) mass is 640 g/mol. The number of aliphatic carboxylic acids is 1. The molecule has 2 aromatic carbocycles. The van der Waals surface area contributed by atoms with Crippen LogP contribution in [0.25, 0.3) is 0 Å². The summed E-state index contributed by atoms with van der Waals surface area (Å²) in [4.78, 5) is 53.2. The van der Waals surface area contributed by atoms with Crippen LogP contribution in [0.4, 0.5) is 9.59 Å². The van der Waals surface area contributed by atoms with Gasteiger partial charge in [-0.3, -0.25) is 14.6 Å². The van der Waals surface area contributed by atoms with E-state index in [1.165, 1.54) is 11.3 Å². The normalized spacial score (nSPS) is 19.4. The van der Waals surface area contributed by atoms with Gasteiger partial charge in [-0.05, 0) is 68.9 Å². The molecule has 1 N–H and O–H groups in total. The second-order valence-corrected chi connectivity index (χ2v) is 11.2. The van der Waals surface area contributed by atoms with Gasteiger partial charge in [0.15, 0.2) is 0 Å². The maximum atomic E-state index is 12.8. The van der Waals surface area contributed by atoms with Crippen LogP contribution < -0.4 is 0 Å². The second kappa shape index (κ2) is 20.9. The first-order valence-corrected chi connectivity index (χ1v) is 16.1. The number of carboxylic acid groups (broad SMARTS) is 1. The van der Waals surface area contributed by atoms with Crippen LogP contribution in [-0.4, -0.2) is 82.1 Å². The molecule has 0 unspecified atom stereocenters. The van der Waals surface area contributed by atoms with E-state index in [2.05, 4.69) is 0 Å². The first-order chi connectivity index (χ1) is 22.3. The fourth-order valence-corrected chi connectivity index (χ4v) is 5.74. The molecule has 0 spiro atoms. The van der Waals surface area contributed by atoms with Crippen LogP contribution in [0.15, 0.2) is 60.7 Å². The van der Waals surface area contributed by atoms with E-state index in [1.54, 1.807) is 11.8 Å². The Kier molecular flexibility index (Phi) is 16.5. The van der Waals surface area contributed by atoms with Crippen LogP contribution in [0.3, 0.4) is 0 Å². The van der Waals surface area contributed by atoms with Gasteiger partial charge in [-0.2, -0.15) is 0 Å². The molecule has 3 saturated heterocycles. The van der Waals surface area contributed by atoms with E-state index in [1.807, 2.05) is 65.6 Å². The Balaban J connectivity index is 0.000000302. The van der Waals surface area contributed by atoms with E-state index in [9.17, 15) is 19.2 Å². The van der Waals surface area contributed by atoms with Crippen LogP contribution in [0.1, 0.15) is 91.5 Å². The highest BCUT2D eigenvalue weighted by Gasteiger charge is 2.36. The maximum Gasteiger partial charge on any atom is 0.410 e. The van der Waals surface area contributed by atoms with Gasteiger partial charge in [0.05, 0.1) is 0 Å². The summed E-state index contributed by atoms with van der Waals surface area (Å²) in [7, 11) is 0. The molecule has 2 atom stereocenters. The smallest absolute Gasteiger partial charge is 0.410 e. The zero-order valence-corrected chi connectivity index (χ0v) is 26.5. The van der Waals surface area contributed by atoms with Crippen LogP contribution in [0, 0.1) is 0 Å². The molecule has 3 aliphatic heterocycles. The van der Waals surface area contributed by atoms with E-state index in [0.29, 0.717) is 26.4 Å². The van der Waals surface area contributed by atoms with Gasteiger partial charge in [-0.1, -0.05) is 81.9 Å². The highest BCUT2D eigenvalue weighted by molar-refractivity contribution is 5.86. The molecule has 10 heteroatoms. The lowest BCUT2D eigenvalue weighted by molar-refractivity contribution is -0.144. The first-order valence-electron chi connectivity index (χ1n) is 16.8. The summed E-state index contributed by atoms with van der Waals surface area (Å²) < 4.78 is 16.8. The Hall–Kier alpha value is -4.08. The van der Waals surface area contributed by atoms with Gasteiger partial charge in [0.25, 0.3) is 0 Å².